The topological polar surface area (TPSA) is 106 Å². The Morgan fingerprint density at radius 1 is 1.23 bits per heavy atom. The van der Waals surface area contributed by atoms with E-state index in [1.54, 1.807) is 35.9 Å². The maximum absolute atomic E-state index is 12.5. The van der Waals surface area contributed by atoms with E-state index in [2.05, 4.69) is 15.5 Å². The van der Waals surface area contributed by atoms with Crippen molar-refractivity contribution in [3.63, 3.8) is 0 Å². The number of para-hydroxylation sites is 1. The van der Waals surface area contributed by atoms with Crippen LogP contribution in [0.5, 0.6) is 5.75 Å². The van der Waals surface area contributed by atoms with Crippen molar-refractivity contribution in [1.29, 1.82) is 0 Å². The number of anilines is 1. The zero-order valence-corrected chi connectivity index (χ0v) is 14.8. The normalized spacial score (nSPS) is 11.5. The molecule has 0 atom stereocenters. The van der Waals surface area contributed by atoms with Gasteiger partial charge >= 0.3 is 5.69 Å². The molecule has 0 unspecified atom stereocenters. The predicted octanol–water partition coefficient (Wildman–Crippen LogP) is 0.995. The molecule has 1 aromatic carbocycles. The van der Waals surface area contributed by atoms with Gasteiger partial charge in [-0.15, -0.1) is 0 Å². The smallest absolute Gasteiger partial charge is 0.332 e. The monoisotopic (exact) mass is 356 g/mol. The summed E-state index contributed by atoms with van der Waals surface area (Å²) in [4.78, 5) is 29.0. The molecule has 136 valence electrons. The van der Waals surface area contributed by atoms with Crippen molar-refractivity contribution in [2.24, 2.45) is 19.2 Å². The molecule has 0 bridgehead atoms. The molecule has 0 aliphatic carbocycles. The van der Waals surface area contributed by atoms with Gasteiger partial charge in [0, 0.05) is 26.2 Å². The lowest BCUT2D eigenvalue weighted by molar-refractivity contribution is 0.474. The van der Waals surface area contributed by atoms with Gasteiger partial charge in [0.1, 0.15) is 5.75 Å². The highest BCUT2D eigenvalue weighted by Crippen LogP contribution is 2.17. The summed E-state index contributed by atoms with van der Waals surface area (Å²) in [5, 5.41) is 13.9. The van der Waals surface area contributed by atoms with Gasteiger partial charge in [-0.05, 0) is 18.6 Å². The van der Waals surface area contributed by atoms with Gasteiger partial charge in [0.05, 0.1) is 6.21 Å². The van der Waals surface area contributed by atoms with Crippen LogP contribution in [0.3, 0.4) is 0 Å². The Hall–Kier alpha value is -3.36. The summed E-state index contributed by atoms with van der Waals surface area (Å²) in [5.74, 6) is 0.461. The maximum atomic E-state index is 12.5. The lowest BCUT2D eigenvalue weighted by Crippen LogP contribution is -2.37. The molecule has 26 heavy (non-hydrogen) atoms. The fourth-order valence-corrected chi connectivity index (χ4v) is 2.73. The van der Waals surface area contributed by atoms with Crippen LogP contribution in [0.25, 0.3) is 11.2 Å². The number of fused-ring (bicyclic) bond motifs is 1. The van der Waals surface area contributed by atoms with Gasteiger partial charge in [-0.3, -0.25) is 13.9 Å². The molecule has 9 nitrogen and oxygen atoms in total. The van der Waals surface area contributed by atoms with E-state index in [-0.39, 0.29) is 5.75 Å². The van der Waals surface area contributed by atoms with Crippen LogP contribution in [0, 0.1) is 0 Å². The molecule has 0 radical (unpaired) electrons. The minimum atomic E-state index is -0.437. The third kappa shape index (κ3) is 2.87. The molecule has 3 aromatic rings. The lowest BCUT2D eigenvalue weighted by Gasteiger charge is -2.07. The number of phenols is 1. The van der Waals surface area contributed by atoms with Crippen LogP contribution in [0.2, 0.25) is 0 Å². The maximum Gasteiger partial charge on any atom is 0.332 e. The standard InChI is InChI=1S/C17H20N6O3/c1-4-9-23-13-14(21(2)17(26)22(3)15(13)25)19-16(23)20-18-10-11-7-5-6-8-12(11)24/h5-8,10,24H,4,9H2,1-3H3,(H,19,20)/b18-10-. The van der Waals surface area contributed by atoms with Crippen molar-refractivity contribution < 1.29 is 5.11 Å². The van der Waals surface area contributed by atoms with Crippen LogP contribution in [0.1, 0.15) is 18.9 Å². The summed E-state index contributed by atoms with van der Waals surface area (Å²) in [5.41, 5.74) is 3.15. The Labute approximate surface area is 148 Å². The number of hydrogen-bond acceptors (Lipinski definition) is 6. The van der Waals surface area contributed by atoms with Crippen LogP contribution in [0.4, 0.5) is 5.95 Å². The average Bonchev–Trinajstić information content (AvgIpc) is 2.99. The molecule has 0 saturated carbocycles. The number of aromatic hydroxyl groups is 1. The average molecular weight is 356 g/mol. The highest BCUT2D eigenvalue weighted by atomic mass is 16.3. The number of nitrogens with zero attached hydrogens (tertiary/aromatic N) is 5. The second-order valence-corrected chi connectivity index (χ2v) is 5.89. The molecule has 0 saturated heterocycles. The van der Waals surface area contributed by atoms with Crippen LogP contribution in [-0.4, -0.2) is 30.0 Å². The third-order valence-corrected chi connectivity index (χ3v) is 4.10. The Morgan fingerprint density at radius 3 is 2.65 bits per heavy atom. The SMILES string of the molecule is CCCn1c(N/N=C\c2ccccc2O)nc2c1c(=O)n(C)c(=O)n2C. The summed E-state index contributed by atoms with van der Waals surface area (Å²) in [6.45, 7) is 2.52. The number of aromatic nitrogens is 4. The Kier molecular flexibility index (Phi) is 4.61. The first-order chi connectivity index (χ1) is 12.5. The molecule has 0 spiro atoms. The van der Waals surface area contributed by atoms with E-state index in [9.17, 15) is 14.7 Å². The van der Waals surface area contributed by atoms with Gasteiger partial charge in [0.25, 0.3) is 5.56 Å². The zero-order chi connectivity index (χ0) is 18.8. The van der Waals surface area contributed by atoms with Crippen LogP contribution < -0.4 is 16.7 Å². The van der Waals surface area contributed by atoms with Crippen LogP contribution in [-0.2, 0) is 20.6 Å². The molecule has 0 amide bonds. The minimum Gasteiger partial charge on any atom is -0.507 e. The number of phenolic OH excluding ortho intramolecular Hbond substituents is 1. The quantitative estimate of drug-likeness (QED) is 0.524. The van der Waals surface area contributed by atoms with Crippen LogP contribution >= 0.6 is 0 Å². The second-order valence-electron chi connectivity index (χ2n) is 5.89. The number of aryl methyl sites for hydroxylation is 2. The first-order valence-corrected chi connectivity index (χ1v) is 8.19. The van der Waals surface area contributed by atoms with Crippen molar-refractivity contribution in [1.82, 2.24) is 18.7 Å². The first kappa shape index (κ1) is 17.5. The zero-order valence-electron chi connectivity index (χ0n) is 14.8. The number of rotatable bonds is 5. The molecule has 2 heterocycles. The lowest BCUT2D eigenvalue weighted by atomic mass is 10.2. The number of nitrogens with one attached hydrogen (secondary N) is 1. The Balaban J connectivity index is 2.08. The van der Waals surface area contributed by atoms with Gasteiger partial charge in [0.2, 0.25) is 5.95 Å². The van der Waals surface area contributed by atoms with E-state index < -0.39 is 11.2 Å². The molecule has 2 N–H and O–H groups in total. The van der Waals surface area contributed by atoms with Crippen molar-refractivity contribution in [2.45, 2.75) is 19.9 Å². The largest absolute Gasteiger partial charge is 0.507 e. The number of imidazole rings is 1. The molecular weight excluding hydrogens is 336 g/mol. The number of hydrogen-bond donors (Lipinski definition) is 2. The summed E-state index contributed by atoms with van der Waals surface area (Å²) in [6.07, 6.45) is 2.23. The van der Waals surface area contributed by atoms with E-state index in [4.69, 9.17) is 0 Å². The molecule has 3 rings (SSSR count). The summed E-state index contributed by atoms with van der Waals surface area (Å²) in [7, 11) is 3.01. The highest BCUT2D eigenvalue weighted by molar-refractivity contribution is 5.83. The number of hydrazone groups is 1. The fraction of sp³-hybridized carbons (Fsp3) is 0.294. The predicted molar refractivity (Wildman–Crippen MR) is 99.8 cm³/mol. The van der Waals surface area contributed by atoms with E-state index in [1.165, 1.54) is 17.8 Å². The molecule has 0 fully saturated rings. The summed E-state index contributed by atoms with van der Waals surface area (Å²) in [6, 6.07) is 6.78. The second kappa shape index (κ2) is 6.87. The van der Waals surface area contributed by atoms with Crippen molar-refractivity contribution >= 4 is 23.3 Å². The molecule has 0 aliphatic heterocycles. The van der Waals surface area contributed by atoms with Gasteiger partial charge in [-0.1, -0.05) is 19.1 Å². The van der Waals surface area contributed by atoms with Gasteiger partial charge in [-0.2, -0.15) is 10.1 Å². The van der Waals surface area contributed by atoms with E-state index in [0.29, 0.717) is 29.2 Å². The third-order valence-electron chi connectivity index (χ3n) is 4.10. The van der Waals surface area contributed by atoms with Gasteiger partial charge in [-0.25, -0.2) is 10.2 Å². The van der Waals surface area contributed by atoms with E-state index in [1.807, 2.05) is 6.92 Å². The summed E-state index contributed by atoms with van der Waals surface area (Å²) >= 11 is 0. The number of benzene rings is 1. The minimum absolute atomic E-state index is 0.108. The summed E-state index contributed by atoms with van der Waals surface area (Å²) < 4.78 is 4.10. The Morgan fingerprint density at radius 2 is 1.96 bits per heavy atom. The fourth-order valence-electron chi connectivity index (χ4n) is 2.73. The molecule has 0 aliphatic rings. The molecular formula is C17H20N6O3. The Bertz CT molecular complexity index is 1110. The first-order valence-electron chi connectivity index (χ1n) is 8.19. The highest BCUT2D eigenvalue weighted by Gasteiger charge is 2.18. The van der Waals surface area contributed by atoms with Crippen molar-refractivity contribution in [3.8, 4) is 5.75 Å². The van der Waals surface area contributed by atoms with E-state index in [0.717, 1.165) is 11.0 Å². The van der Waals surface area contributed by atoms with Gasteiger partial charge in [0.15, 0.2) is 11.2 Å². The van der Waals surface area contributed by atoms with Crippen molar-refractivity contribution in [3.05, 3.63) is 50.7 Å². The molecule has 9 heteroatoms. The van der Waals surface area contributed by atoms with E-state index >= 15 is 0 Å². The van der Waals surface area contributed by atoms with Crippen molar-refractivity contribution in [2.75, 3.05) is 5.43 Å². The molecule has 2 aromatic heterocycles. The van der Waals surface area contributed by atoms with Gasteiger partial charge < -0.3 is 9.67 Å². The van der Waals surface area contributed by atoms with Crippen LogP contribution in [0.15, 0.2) is 39.0 Å².